The molecule has 9 aromatic rings. The van der Waals surface area contributed by atoms with Crippen LogP contribution in [0.5, 0.6) is 0 Å². The van der Waals surface area contributed by atoms with Crippen molar-refractivity contribution >= 4 is 100 Å². The van der Waals surface area contributed by atoms with Gasteiger partial charge in [0.2, 0.25) is 5.52 Å². The Kier molecular flexibility index (Phi) is 11.6. The first-order valence-electron chi connectivity index (χ1n) is 21.3. The van der Waals surface area contributed by atoms with Crippen molar-refractivity contribution in [2.45, 2.75) is 37.6 Å². The predicted molar refractivity (Wildman–Crippen MR) is 259 cm³/mol. The number of allylic oxidation sites excluding steroid dienone is 2. The molecule has 0 atom stereocenters. The molecule has 0 amide bonds. The highest BCUT2D eigenvalue weighted by Crippen LogP contribution is 2.48. The number of rotatable bonds is 17. The number of H-pyrrole nitrogens is 4. The molecule has 0 bridgehead atoms. The monoisotopic (exact) mass is 875 g/mol. The third-order valence-corrected chi connectivity index (χ3v) is 13.5. The Morgan fingerprint density at radius 2 is 1.29 bits per heavy atom. The van der Waals surface area contributed by atoms with E-state index in [9.17, 15) is 9.59 Å². The fourth-order valence-electron chi connectivity index (χ4n) is 8.16. The van der Waals surface area contributed by atoms with Crippen LogP contribution in [0.4, 0.5) is 17.1 Å². The van der Waals surface area contributed by atoms with Crippen LogP contribution in [0.3, 0.4) is 0 Å². The van der Waals surface area contributed by atoms with E-state index in [0.717, 1.165) is 65.8 Å². The molecule has 1 aliphatic rings. The molecule has 1 aliphatic heterocycles. The minimum absolute atomic E-state index is 0.215. The Bertz CT molecular complexity index is 3300. The molecule has 4 heterocycles. The third kappa shape index (κ3) is 8.88. The van der Waals surface area contributed by atoms with Crippen molar-refractivity contribution in [1.29, 1.82) is 0 Å². The molecule has 0 spiro atoms. The second kappa shape index (κ2) is 18.0. The highest BCUT2D eigenvalue weighted by molar-refractivity contribution is 8.03. The van der Waals surface area contributed by atoms with Crippen LogP contribution < -0.4 is 31.5 Å². The first-order valence-corrected chi connectivity index (χ1v) is 22.9. The standard InChI is InChI=1S/C49H46N8O4S2/c1-2-31(21-46-56(42-23-32-9-3-5-11-34(32)25-44(42)62-46)17-7-19-60-29-50-36-13-15-38-40(27-36)54-48(58)52-38)22-47-57(43-24-33-10-4-6-12-35(33)26-45(43)63-47)18-8-20-61-30-51-37-14-16-39-41(28-37)55-49(59)53-39/h3-6,9-16,21-28,50-51H,2,7-8,17-20,29-30H2,1H3,(H3-,52,53,54,55,58,59)/p+1. The van der Waals surface area contributed by atoms with E-state index in [0.29, 0.717) is 26.7 Å². The summed E-state index contributed by atoms with van der Waals surface area (Å²) in [6, 6.07) is 37.9. The van der Waals surface area contributed by atoms with Crippen LogP contribution in [0.25, 0.3) is 59.9 Å². The number of hydrogen-bond donors (Lipinski definition) is 6. The van der Waals surface area contributed by atoms with Crippen molar-refractivity contribution in [3.05, 3.63) is 152 Å². The lowest BCUT2D eigenvalue weighted by molar-refractivity contribution is -0.669. The van der Waals surface area contributed by atoms with E-state index in [1.165, 1.54) is 58.0 Å². The molecule has 6 N–H and O–H groups in total. The highest BCUT2D eigenvalue weighted by Gasteiger charge is 2.26. The molecule has 0 saturated heterocycles. The Balaban J connectivity index is 0.862. The van der Waals surface area contributed by atoms with Gasteiger partial charge in [0.05, 0.1) is 46.0 Å². The number of ether oxygens (including phenoxy) is 2. The molecule has 318 valence electrons. The minimum atomic E-state index is -0.215. The lowest BCUT2D eigenvalue weighted by Crippen LogP contribution is -2.35. The van der Waals surface area contributed by atoms with Crippen LogP contribution in [0, 0.1) is 0 Å². The average Bonchev–Trinajstić information content (AvgIpc) is 4.04. The van der Waals surface area contributed by atoms with Gasteiger partial charge in [-0.25, -0.2) is 9.59 Å². The number of imidazole rings is 2. The summed E-state index contributed by atoms with van der Waals surface area (Å²) in [5.41, 5.74) is 8.13. The lowest BCUT2D eigenvalue weighted by Gasteiger charge is -2.21. The van der Waals surface area contributed by atoms with Gasteiger partial charge in [-0.05, 0) is 101 Å². The fraction of sp³-hybridized carbons (Fsp3) is 0.204. The molecule has 10 rings (SSSR count). The molecular formula is C49H47N8O4S2+. The van der Waals surface area contributed by atoms with Crippen molar-refractivity contribution in [3.63, 3.8) is 0 Å². The highest BCUT2D eigenvalue weighted by atomic mass is 32.2. The molecule has 0 fully saturated rings. The van der Waals surface area contributed by atoms with Crippen LogP contribution in [0.2, 0.25) is 0 Å². The summed E-state index contributed by atoms with van der Waals surface area (Å²) in [5.74, 6) is 0. The molecular weight excluding hydrogens is 829 g/mol. The summed E-state index contributed by atoms with van der Waals surface area (Å²) in [7, 11) is 0. The first-order chi connectivity index (χ1) is 30.9. The smallest absolute Gasteiger partial charge is 0.323 e. The van der Waals surface area contributed by atoms with Gasteiger partial charge in [0, 0.05) is 41.4 Å². The number of aryl methyl sites for hydroxylation is 1. The quantitative estimate of drug-likeness (QED) is 0.0301. The van der Waals surface area contributed by atoms with Gasteiger partial charge >= 0.3 is 11.4 Å². The van der Waals surface area contributed by atoms with Crippen molar-refractivity contribution in [3.8, 4) is 0 Å². The molecule has 0 radical (unpaired) electrons. The average molecular weight is 876 g/mol. The number of hydrogen-bond acceptors (Lipinski definition) is 9. The van der Waals surface area contributed by atoms with E-state index in [4.69, 9.17) is 9.47 Å². The van der Waals surface area contributed by atoms with Gasteiger partial charge in [0.25, 0.3) is 5.01 Å². The van der Waals surface area contributed by atoms with Gasteiger partial charge in [-0.3, -0.25) is 0 Å². The molecule has 63 heavy (non-hydrogen) atoms. The second-order valence-electron chi connectivity index (χ2n) is 15.6. The van der Waals surface area contributed by atoms with Crippen LogP contribution in [0.15, 0.2) is 140 Å². The van der Waals surface area contributed by atoms with Crippen LogP contribution in [0.1, 0.15) is 31.2 Å². The Labute approximate surface area is 370 Å². The Morgan fingerprint density at radius 3 is 1.94 bits per heavy atom. The number of nitrogens with one attached hydrogen (secondary N) is 6. The topological polar surface area (TPSA) is 147 Å². The SMILES string of the molecule is CCC(=Cc1sc2cc3ccccc3cc2[n+]1CCCOCNc1ccc2[nH]c(=O)[nH]c2c1)C=C1Sc2cc3ccccc3cc2N1CCCOCNc1ccc2[nH]c(=O)[nH]c2c1. The summed E-state index contributed by atoms with van der Waals surface area (Å²) in [5, 5.41) is 14.0. The molecule has 3 aromatic heterocycles. The number of thioether (sulfide) groups is 1. The largest absolute Gasteiger partial charge is 0.363 e. The van der Waals surface area contributed by atoms with Gasteiger partial charge < -0.3 is 44.9 Å². The summed E-state index contributed by atoms with van der Waals surface area (Å²) < 4.78 is 15.8. The Morgan fingerprint density at radius 1 is 0.698 bits per heavy atom. The number of thiazole rings is 1. The van der Waals surface area contributed by atoms with E-state index in [2.05, 4.69) is 132 Å². The van der Waals surface area contributed by atoms with Crippen molar-refractivity contribution in [1.82, 2.24) is 19.9 Å². The number of nitrogens with zero attached hydrogens (tertiary/aromatic N) is 2. The van der Waals surface area contributed by atoms with Crippen molar-refractivity contribution in [2.75, 3.05) is 48.8 Å². The first kappa shape index (κ1) is 40.5. The number of fused-ring (bicyclic) bond motifs is 6. The predicted octanol–water partition coefficient (Wildman–Crippen LogP) is 10.0. The molecule has 6 aromatic carbocycles. The fourth-order valence-corrected chi connectivity index (χ4v) is 10.5. The van der Waals surface area contributed by atoms with Gasteiger partial charge in [-0.15, -0.1) is 0 Å². The Hall–Kier alpha value is -6.58. The molecule has 12 nitrogen and oxygen atoms in total. The second-order valence-corrected chi connectivity index (χ2v) is 17.7. The normalized spacial score (nSPS) is 13.7. The molecule has 14 heteroatoms. The van der Waals surface area contributed by atoms with Crippen LogP contribution in [-0.4, -0.2) is 53.2 Å². The molecule has 0 aliphatic carbocycles. The van der Waals surface area contributed by atoms with E-state index in [1.807, 2.05) is 59.5 Å². The third-order valence-electron chi connectivity index (χ3n) is 11.4. The summed E-state index contributed by atoms with van der Waals surface area (Å²) in [4.78, 5) is 38.3. The lowest BCUT2D eigenvalue weighted by atomic mass is 10.1. The zero-order chi connectivity index (χ0) is 42.7. The zero-order valence-electron chi connectivity index (χ0n) is 34.8. The van der Waals surface area contributed by atoms with Gasteiger partial charge in [-0.2, -0.15) is 4.57 Å². The zero-order valence-corrected chi connectivity index (χ0v) is 36.4. The van der Waals surface area contributed by atoms with Gasteiger partial charge in [0.1, 0.15) is 18.2 Å². The molecule has 0 unspecified atom stereocenters. The van der Waals surface area contributed by atoms with Gasteiger partial charge in [-0.1, -0.05) is 78.6 Å². The number of aromatic amines is 4. The summed E-state index contributed by atoms with van der Waals surface area (Å²) in [6.45, 7) is 5.76. The maximum atomic E-state index is 11.7. The van der Waals surface area contributed by atoms with Crippen LogP contribution in [-0.2, 0) is 16.0 Å². The maximum absolute atomic E-state index is 11.7. The van der Waals surface area contributed by atoms with Crippen molar-refractivity contribution < 1.29 is 14.0 Å². The number of benzene rings is 6. The number of anilines is 3. The minimum Gasteiger partial charge on any atom is -0.363 e. The van der Waals surface area contributed by atoms with E-state index in [1.54, 1.807) is 0 Å². The van der Waals surface area contributed by atoms with E-state index in [-0.39, 0.29) is 11.4 Å². The summed E-state index contributed by atoms with van der Waals surface area (Å²) in [6.07, 6.45) is 7.30. The number of aromatic nitrogens is 5. The summed E-state index contributed by atoms with van der Waals surface area (Å²) >= 11 is 3.67. The van der Waals surface area contributed by atoms with E-state index < -0.39 is 0 Å². The maximum Gasteiger partial charge on any atom is 0.323 e. The van der Waals surface area contributed by atoms with Crippen LogP contribution >= 0.6 is 23.1 Å². The molecule has 0 saturated carbocycles. The van der Waals surface area contributed by atoms with Gasteiger partial charge in [0.15, 0.2) is 6.54 Å². The van der Waals surface area contributed by atoms with Crippen molar-refractivity contribution in [2.24, 2.45) is 0 Å². The van der Waals surface area contributed by atoms with E-state index >= 15 is 0 Å².